The van der Waals surface area contributed by atoms with Crippen LogP contribution in [0.25, 0.3) is 17.2 Å². The van der Waals surface area contributed by atoms with Crippen LogP contribution in [0, 0.1) is 5.82 Å². The van der Waals surface area contributed by atoms with Crippen molar-refractivity contribution >= 4 is 12.1 Å². The fourth-order valence-electron chi connectivity index (χ4n) is 2.56. The number of hydrogen-bond acceptors (Lipinski definition) is 5. The highest BCUT2D eigenvalue weighted by molar-refractivity contribution is 5.86. The van der Waals surface area contributed by atoms with E-state index in [9.17, 15) is 13.6 Å². The van der Waals surface area contributed by atoms with Crippen molar-refractivity contribution in [2.75, 3.05) is 20.7 Å². The summed E-state index contributed by atoms with van der Waals surface area (Å²) in [5, 5.41) is 0. The monoisotopic (exact) mass is 375 g/mol. The number of unbranched alkanes of at least 4 members (excludes halogenated alkanes) is 2. The third-order valence-electron chi connectivity index (χ3n) is 4.08. The number of aromatic nitrogens is 2. The molecular weight excluding hydrogens is 352 g/mol. The second-order valence-corrected chi connectivity index (χ2v) is 6.15. The molecule has 2 aromatic rings. The number of halogens is 2. The maximum Gasteiger partial charge on any atom is 0.162 e. The van der Waals surface area contributed by atoms with Gasteiger partial charge < -0.3 is 9.64 Å². The molecule has 0 aliphatic heterocycles. The first-order valence-corrected chi connectivity index (χ1v) is 8.73. The lowest BCUT2D eigenvalue weighted by atomic mass is 10.0. The lowest BCUT2D eigenvalue weighted by Crippen LogP contribution is -2.12. The van der Waals surface area contributed by atoms with E-state index in [1.807, 2.05) is 0 Å². The van der Waals surface area contributed by atoms with E-state index in [0.717, 1.165) is 25.3 Å². The molecule has 1 heterocycles. The summed E-state index contributed by atoms with van der Waals surface area (Å²) < 4.78 is 34.1. The van der Waals surface area contributed by atoms with Crippen molar-refractivity contribution in [3.8, 4) is 17.1 Å². The van der Waals surface area contributed by atoms with E-state index in [2.05, 4.69) is 16.9 Å². The van der Waals surface area contributed by atoms with Crippen molar-refractivity contribution in [3.05, 3.63) is 47.7 Å². The molecule has 0 saturated heterocycles. The van der Waals surface area contributed by atoms with Crippen molar-refractivity contribution in [1.29, 1.82) is 0 Å². The molecule has 1 aromatic heterocycles. The Morgan fingerprint density at radius 2 is 1.96 bits per heavy atom. The summed E-state index contributed by atoms with van der Waals surface area (Å²) in [6.45, 7) is 2.78. The Labute approximate surface area is 157 Å². The first-order chi connectivity index (χ1) is 13.0. The molecule has 2 rings (SSSR count). The Kier molecular flexibility index (Phi) is 7.40. The van der Waals surface area contributed by atoms with Gasteiger partial charge in [0.05, 0.1) is 25.1 Å². The maximum absolute atomic E-state index is 14.8. The van der Waals surface area contributed by atoms with Gasteiger partial charge in [0.1, 0.15) is 11.6 Å². The van der Waals surface area contributed by atoms with E-state index in [-0.39, 0.29) is 22.5 Å². The topological polar surface area (TPSA) is 55.3 Å². The fraction of sp³-hybridized carbons (Fsp3) is 0.350. The minimum atomic E-state index is -0.699. The molecule has 0 bridgehead atoms. The van der Waals surface area contributed by atoms with E-state index in [0.29, 0.717) is 18.6 Å². The summed E-state index contributed by atoms with van der Waals surface area (Å²) in [6, 6.07) is 2.25. The Bertz CT molecular complexity index is 808. The molecule has 7 heteroatoms. The number of benzene rings is 1. The molecule has 0 radical (unpaired) electrons. The highest BCUT2D eigenvalue weighted by Crippen LogP contribution is 2.28. The average Bonchev–Trinajstić information content (AvgIpc) is 2.67. The predicted octanol–water partition coefficient (Wildman–Crippen LogP) is 4.49. The molecule has 0 saturated carbocycles. The summed E-state index contributed by atoms with van der Waals surface area (Å²) in [4.78, 5) is 21.1. The molecule has 0 amide bonds. The standard InChI is InChI=1S/C20H23F2N3O2/c1-4-5-6-7-25(2)12-19(22)16-9-17(18(21)8-14(16)13-26)20-23-10-15(27-3)11-24-20/h8-13H,4-7H2,1-3H3/b19-12+. The van der Waals surface area contributed by atoms with Crippen LogP contribution in [-0.4, -0.2) is 41.9 Å². The molecule has 1 aromatic carbocycles. The lowest BCUT2D eigenvalue weighted by molar-refractivity contribution is 0.112. The van der Waals surface area contributed by atoms with Crippen LogP contribution < -0.4 is 4.74 Å². The molecule has 0 atom stereocenters. The molecule has 0 fully saturated rings. The Hall–Kier alpha value is -2.83. The lowest BCUT2D eigenvalue weighted by Gasteiger charge is -2.15. The number of methoxy groups -OCH3 is 1. The summed E-state index contributed by atoms with van der Waals surface area (Å²) in [7, 11) is 3.22. The number of rotatable bonds is 9. The first kappa shape index (κ1) is 20.5. The Balaban J connectivity index is 2.38. The summed E-state index contributed by atoms with van der Waals surface area (Å²) in [5.74, 6) is -0.819. The molecule has 0 spiro atoms. The average molecular weight is 375 g/mol. The zero-order valence-electron chi connectivity index (χ0n) is 15.7. The highest BCUT2D eigenvalue weighted by Gasteiger charge is 2.16. The van der Waals surface area contributed by atoms with Gasteiger partial charge in [-0.15, -0.1) is 0 Å². The minimum absolute atomic E-state index is 0.00293. The molecule has 0 aliphatic rings. The van der Waals surface area contributed by atoms with Gasteiger partial charge >= 0.3 is 0 Å². The number of nitrogens with zero attached hydrogens (tertiary/aromatic N) is 3. The van der Waals surface area contributed by atoms with Crippen LogP contribution in [0.2, 0.25) is 0 Å². The van der Waals surface area contributed by atoms with Gasteiger partial charge in [0, 0.05) is 30.9 Å². The van der Waals surface area contributed by atoms with Crippen LogP contribution in [-0.2, 0) is 0 Å². The summed E-state index contributed by atoms with van der Waals surface area (Å²) in [6.07, 6.45) is 7.58. The van der Waals surface area contributed by atoms with Crippen LogP contribution in [0.4, 0.5) is 8.78 Å². The molecule has 5 nitrogen and oxygen atoms in total. The number of aldehydes is 1. The van der Waals surface area contributed by atoms with Crippen LogP contribution in [0.15, 0.2) is 30.7 Å². The third-order valence-corrected chi connectivity index (χ3v) is 4.08. The predicted molar refractivity (Wildman–Crippen MR) is 101 cm³/mol. The van der Waals surface area contributed by atoms with Gasteiger partial charge in [0.15, 0.2) is 17.9 Å². The first-order valence-electron chi connectivity index (χ1n) is 8.73. The van der Waals surface area contributed by atoms with Crippen molar-refractivity contribution in [2.24, 2.45) is 0 Å². The van der Waals surface area contributed by atoms with Crippen molar-refractivity contribution in [3.63, 3.8) is 0 Å². The zero-order chi connectivity index (χ0) is 19.8. The largest absolute Gasteiger partial charge is 0.494 e. The van der Waals surface area contributed by atoms with Crippen molar-refractivity contribution in [2.45, 2.75) is 26.2 Å². The van der Waals surface area contributed by atoms with E-state index in [1.54, 1.807) is 11.9 Å². The van der Waals surface area contributed by atoms with Crippen molar-refractivity contribution in [1.82, 2.24) is 14.9 Å². The van der Waals surface area contributed by atoms with Gasteiger partial charge in [-0.3, -0.25) is 4.79 Å². The van der Waals surface area contributed by atoms with Gasteiger partial charge in [-0.05, 0) is 18.6 Å². The minimum Gasteiger partial charge on any atom is -0.494 e. The van der Waals surface area contributed by atoms with Gasteiger partial charge in [0.2, 0.25) is 0 Å². The quantitative estimate of drug-likeness (QED) is 0.477. The molecule has 0 unspecified atom stereocenters. The molecular formula is C20H23F2N3O2. The molecule has 144 valence electrons. The SMILES string of the molecule is CCCCCN(C)/C=C(/F)c1cc(-c2ncc(OC)cn2)c(F)cc1C=O. The smallest absolute Gasteiger partial charge is 0.162 e. The van der Waals surface area contributed by atoms with E-state index < -0.39 is 11.6 Å². The van der Waals surface area contributed by atoms with E-state index in [4.69, 9.17) is 4.74 Å². The van der Waals surface area contributed by atoms with Gasteiger partial charge in [-0.25, -0.2) is 18.7 Å². The Morgan fingerprint density at radius 3 is 2.56 bits per heavy atom. The van der Waals surface area contributed by atoms with Crippen molar-refractivity contribution < 1.29 is 18.3 Å². The second-order valence-electron chi connectivity index (χ2n) is 6.15. The van der Waals surface area contributed by atoms with Crippen LogP contribution in [0.3, 0.4) is 0 Å². The number of carbonyl (C=O) groups excluding carboxylic acids is 1. The van der Waals surface area contributed by atoms with Gasteiger partial charge in [-0.2, -0.15) is 0 Å². The third kappa shape index (κ3) is 5.32. The molecule has 0 aliphatic carbocycles. The fourth-order valence-corrected chi connectivity index (χ4v) is 2.56. The molecule has 0 N–H and O–H groups in total. The zero-order valence-corrected chi connectivity index (χ0v) is 15.7. The van der Waals surface area contributed by atoms with Gasteiger partial charge in [0.25, 0.3) is 0 Å². The highest BCUT2D eigenvalue weighted by atomic mass is 19.1. The summed E-state index contributed by atoms with van der Waals surface area (Å²) in [5.41, 5.74) is -0.0564. The van der Waals surface area contributed by atoms with Crippen LogP contribution in [0.5, 0.6) is 5.75 Å². The maximum atomic E-state index is 14.8. The molecule has 27 heavy (non-hydrogen) atoms. The van der Waals surface area contributed by atoms with Crippen LogP contribution >= 0.6 is 0 Å². The second kappa shape index (κ2) is 9.75. The van der Waals surface area contributed by atoms with Crippen LogP contribution in [0.1, 0.15) is 42.1 Å². The summed E-state index contributed by atoms with van der Waals surface area (Å²) >= 11 is 0. The van der Waals surface area contributed by atoms with Gasteiger partial charge in [-0.1, -0.05) is 19.8 Å². The normalized spacial score (nSPS) is 11.4. The van der Waals surface area contributed by atoms with E-state index in [1.165, 1.54) is 31.8 Å². The Morgan fingerprint density at radius 1 is 1.26 bits per heavy atom. The van der Waals surface area contributed by atoms with E-state index >= 15 is 0 Å². The number of ether oxygens (including phenoxy) is 1. The number of carbonyl (C=O) groups is 1. The number of hydrogen-bond donors (Lipinski definition) is 0.